The minimum atomic E-state index is -0.301. The number of hydrogen-bond acceptors (Lipinski definition) is 4. The molecule has 1 aromatic carbocycles. The van der Waals surface area contributed by atoms with E-state index in [0.29, 0.717) is 12.3 Å². The number of guanidine groups is 1. The summed E-state index contributed by atoms with van der Waals surface area (Å²) in [4.78, 5) is 6.44. The van der Waals surface area contributed by atoms with E-state index in [1.165, 1.54) is 12.1 Å². The second kappa shape index (κ2) is 15.0. The molecule has 0 amide bonds. The monoisotopic (exact) mass is 482 g/mol. The Balaban J connectivity index is 0.00000625. The highest BCUT2D eigenvalue weighted by Gasteiger charge is 2.06. The summed E-state index contributed by atoms with van der Waals surface area (Å²) in [5.41, 5.74) is 0. The number of nitrogens with zero attached hydrogens (tertiary/aromatic N) is 2. The fourth-order valence-electron chi connectivity index (χ4n) is 2.23. The average Bonchev–Trinajstić information content (AvgIpc) is 2.58. The van der Waals surface area contributed by atoms with Gasteiger partial charge in [-0.05, 0) is 32.5 Å². The van der Waals surface area contributed by atoms with Crippen LogP contribution in [0, 0.1) is 5.82 Å². The number of halogens is 2. The van der Waals surface area contributed by atoms with Crippen LogP contribution >= 0.6 is 24.0 Å². The van der Waals surface area contributed by atoms with Crippen molar-refractivity contribution in [2.24, 2.45) is 4.99 Å². The van der Waals surface area contributed by atoms with E-state index in [4.69, 9.17) is 9.47 Å². The number of hydrogen-bond donors (Lipinski definition) is 2. The predicted octanol–water partition coefficient (Wildman–Crippen LogP) is 2.34. The summed E-state index contributed by atoms with van der Waals surface area (Å²) in [6, 6.07) is 6.15. The average molecular weight is 482 g/mol. The van der Waals surface area contributed by atoms with Gasteiger partial charge in [-0.3, -0.25) is 4.99 Å². The van der Waals surface area contributed by atoms with E-state index in [9.17, 15) is 4.39 Å². The number of likely N-dealkylation sites (N-methyl/N-ethyl adjacent to an activating group) is 1. The smallest absolute Gasteiger partial charge is 0.191 e. The molecule has 0 saturated carbocycles. The van der Waals surface area contributed by atoms with E-state index in [0.717, 1.165) is 38.6 Å². The van der Waals surface area contributed by atoms with Crippen LogP contribution in [0.1, 0.15) is 13.3 Å². The molecule has 0 bridgehead atoms. The van der Waals surface area contributed by atoms with Crippen molar-refractivity contribution >= 4 is 29.9 Å². The highest BCUT2D eigenvalue weighted by molar-refractivity contribution is 14.0. The number of nitrogens with one attached hydrogen (secondary N) is 2. The summed E-state index contributed by atoms with van der Waals surface area (Å²) in [5, 5.41) is 6.48. The van der Waals surface area contributed by atoms with Crippen molar-refractivity contribution in [3.8, 4) is 5.75 Å². The lowest BCUT2D eigenvalue weighted by Crippen LogP contribution is -2.44. The van der Waals surface area contributed by atoms with Crippen LogP contribution in [-0.2, 0) is 4.74 Å². The largest absolute Gasteiger partial charge is 0.489 e. The molecule has 2 N–H and O–H groups in total. The van der Waals surface area contributed by atoms with Crippen molar-refractivity contribution in [2.45, 2.75) is 19.4 Å². The first-order chi connectivity index (χ1) is 12.0. The molecule has 0 aliphatic carbocycles. The molecule has 0 fully saturated rings. The Morgan fingerprint density at radius 2 is 2.08 bits per heavy atom. The summed E-state index contributed by atoms with van der Waals surface area (Å²) >= 11 is 0. The molecule has 0 saturated heterocycles. The molecule has 0 heterocycles. The molecular formula is C18H32FIN4O2. The highest BCUT2D eigenvalue weighted by Crippen LogP contribution is 2.13. The summed E-state index contributed by atoms with van der Waals surface area (Å²) < 4.78 is 23.9. The lowest BCUT2D eigenvalue weighted by molar-refractivity contribution is 0.180. The van der Waals surface area contributed by atoms with Gasteiger partial charge in [-0.1, -0.05) is 6.07 Å². The third-order valence-corrected chi connectivity index (χ3v) is 3.59. The molecule has 6 nitrogen and oxygen atoms in total. The maximum atomic E-state index is 13.2. The summed E-state index contributed by atoms with van der Waals surface area (Å²) in [7, 11) is 5.54. The van der Waals surface area contributed by atoms with Crippen molar-refractivity contribution in [3.05, 3.63) is 30.1 Å². The normalized spacial score (nSPS) is 12.5. The van der Waals surface area contributed by atoms with E-state index < -0.39 is 0 Å². The van der Waals surface area contributed by atoms with E-state index in [1.807, 2.05) is 6.92 Å². The molecule has 1 aromatic rings. The van der Waals surface area contributed by atoms with Crippen molar-refractivity contribution < 1.29 is 13.9 Å². The van der Waals surface area contributed by atoms with Crippen molar-refractivity contribution in [2.75, 3.05) is 54.0 Å². The van der Waals surface area contributed by atoms with Crippen LogP contribution in [0.2, 0.25) is 0 Å². The third-order valence-electron chi connectivity index (χ3n) is 3.59. The molecule has 0 aliphatic heterocycles. The Labute approximate surface area is 173 Å². The summed E-state index contributed by atoms with van der Waals surface area (Å²) in [6.07, 6.45) is 0.909. The van der Waals surface area contributed by atoms with E-state index in [-0.39, 0.29) is 35.9 Å². The zero-order valence-electron chi connectivity index (χ0n) is 16.1. The molecular weight excluding hydrogens is 450 g/mol. The number of methoxy groups -OCH3 is 1. The zero-order chi connectivity index (χ0) is 18.5. The van der Waals surface area contributed by atoms with Crippen LogP contribution in [-0.4, -0.2) is 71.0 Å². The van der Waals surface area contributed by atoms with Gasteiger partial charge in [0.25, 0.3) is 0 Å². The number of ether oxygens (including phenoxy) is 2. The minimum Gasteiger partial charge on any atom is -0.489 e. The number of rotatable bonds is 11. The molecule has 1 atom stereocenters. The zero-order valence-corrected chi connectivity index (χ0v) is 18.5. The SMILES string of the molecule is CN=C(NCCN(C)CCCOC)NCC(C)Oc1cccc(F)c1.I. The Hall–Kier alpha value is -1.13. The third kappa shape index (κ3) is 11.5. The van der Waals surface area contributed by atoms with Gasteiger partial charge in [-0.2, -0.15) is 0 Å². The van der Waals surface area contributed by atoms with Crippen LogP contribution in [0.25, 0.3) is 0 Å². The van der Waals surface area contributed by atoms with Gasteiger partial charge in [0, 0.05) is 46.5 Å². The first-order valence-corrected chi connectivity index (χ1v) is 8.59. The molecule has 0 radical (unpaired) electrons. The fourth-order valence-corrected chi connectivity index (χ4v) is 2.23. The van der Waals surface area contributed by atoms with Crippen molar-refractivity contribution in [1.29, 1.82) is 0 Å². The van der Waals surface area contributed by atoms with Crippen LogP contribution in [0.15, 0.2) is 29.3 Å². The first kappa shape index (κ1) is 24.9. The second-order valence-corrected chi connectivity index (χ2v) is 5.92. The second-order valence-electron chi connectivity index (χ2n) is 5.92. The van der Waals surface area contributed by atoms with E-state index in [1.54, 1.807) is 26.3 Å². The molecule has 0 aromatic heterocycles. The van der Waals surface area contributed by atoms with Crippen LogP contribution in [0.5, 0.6) is 5.75 Å². The van der Waals surface area contributed by atoms with Gasteiger partial charge in [0.15, 0.2) is 5.96 Å². The van der Waals surface area contributed by atoms with Crippen LogP contribution in [0.3, 0.4) is 0 Å². The maximum Gasteiger partial charge on any atom is 0.191 e. The Bertz CT molecular complexity index is 520. The van der Waals surface area contributed by atoms with Crippen LogP contribution < -0.4 is 15.4 Å². The standard InChI is InChI=1S/C18H31FN4O2.HI/c1-15(25-17-8-5-7-16(19)13-17)14-22-18(20-2)21-9-11-23(3)10-6-12-24-4;/h5,7-8,13,15H,6,9-12,14H2,1-4H3,(H2,20,21,22);1H. The fraction of sp³-hybridized carbons (Fsp3) is 0.611. The lowest BCUT2D eigenvalue weighted by Gasteiger charge is -2.20. The summed E-state index contributed by atoms with van der Waals surface area (Å²) in [5.74, 6) is 0.944. The molecule has 1 rings (SSSR count). The highest BCUT2D eigenvalue weighted by atomic mass is 127. The summed E-state index contributed by atoms with van der Waals surface area (Å²) in [6.45, 7) is 5.99. The predicted molar refractivity (Wildman–Crippen MR) is 115 cm³/mol. The van der Waals surface area contributed by atoms with Gasteiger partial charge in [0.1, 0.15) is 17.7 Å². The van der Waals surface area contributed by atoms with Gasteiger partial charge in [0.2, 0.25) is 0 Å². The molecule has 150 valence electrons. The molecule has 8 heteroatoms. The Morgan fingerprint density at radius 3 is 2.73 bits per heavy atom. The lowest BCUT2D eigenvalue weighted by atomic mass is 10.3. The van der Waals surface area contributed by atoms with Crippen molar-refractivity contribution in [3.63, 3.8) is 0 Å². The molecule has 26 heavy (non-hydrogen) atoms. The van der Waals surface area contributed by atoms with E-state index in [2.05, 4.69) is 27.6 Å². The van der Waals surface area contributed by atoms with Gasteiger partial charge < -0.3 is 25.0 Å². The Kier molecular flexibility index (Phi) is 14.3. The topological polar surface area (TPSA) is 58.1 Å². The van der Waals surface area contributed by atoms with Crippen molar-refractivity contribution in [1.82, 2.24) is 15.5 Å². The van der Waals surface area contributed by atoms with Gasteiger partial charge in [-0.25, -0.2) is 4.39 Å². The van der Waals surface area contributed by atoms with E-state index >= 15 is 0 Å². The molecule has 1 unspecified atom stereocenters. The van der Waals surface area contributed by atoms with Gasteiger partial charge in [-0.15, -0.1) is 24.0 Å². The number of benzene rings is 1. The van der Waals surface area contributed by atoms with Gasteiger partial charge in [0.05, 0.1) is 6.54 Å². The first-order valence-electron chi connectivity index (χ1n) is 8.59. The quantitative estimate of drug-likeness (QED) is 0.220. The maximum absolute atomic E-state index is 13.2. The van der Waals surface area contributed by atoms with Crippen LogP contribution in [0.4, 0.5) is 4.39 Å². The Morgan fingerprint density at radius 1 is 1.31 bits per heavy atom. The number of aliphatic imine (C=N–C) groups is 1. The molecule has 0 spiro atoms. The molecule has 0 aliphatic rings. The minimum absolute atomic E-state index is 0. The van der Waals surface area contributed by atoms with Gasteiger partial charge >= 0.3 is 0 Å².